The van der Waals surface area contributed by atoms with Crippen LogP contribution in [0.25, 0.3) is 21.2 Å². The number of nitrogens with one attached hydrogen (secondary N) is 1. The molecule has 0 radical (unpaired) electrons. The largest absolute Gasteiger partial charge is 0.350 e. The van der Waals surface area contributed by atoms with Crippen LogP contribution in [0.2, 0.25) is 0 Å². The van der Waals surface area contributed by atoms with E-state index in [2.05, 4.69) is 29.4 Å². The van der Waals surface area contributed by atoms with E-state index in [1.807, 2.05) is 66.4 Å². The lowest BCUT2D eigenvalue weighted by molar-refractivity contribution is 0.0690. The molecule has 1 saturated heterocycles. The summed E-state index contributed by atoms with van der Waals surface area (Å²) in [5, 5.41) is 6.15. The van der Waals surface area contributed by atoms with E-state index >= 15 is 0 Å². The van der Waals surface area contributed by atoms with Crippen LogP contribution in [-0.4, -0.2) is 40.8 Å². The first kappa shape index (κ1) is 22.0. The zero-order chi connectivity index (χ0) is 24.1. The predicted octanol–water partition coefficient (Wildman–Crippen LogP) is 5.47. The van der Waals surface area contributed by atoms with E-state index < -0.39 is 0 Å². The van der Waals surface area contributed by atoms with Gasteiger partial charge in [-0.3, -0.25) is 9.59 Å². The number of likely N-dealkylation sites (tertiary alicyclic amines) is 1. The Kier molecular flexibility index (Phi) is 5.41. The summed E-state index contributed by atoms with van der Waals surface area (Å²) < 4.78 is 0. The van der Waals surface area contributed by atoms with Crippen molar-refractivity contribution in [2.75, 3.05) is 13.1 Å². The molecule has 6 rings (SSSR count). The molecule has 4 aromatic rings. The SMILES string of the molecule is Cc1cccc(-c2sc(C)nc2C(=O)N2C[C@H]3C[C@H]3[C@H]2CNC(=O)c2ccc3ccccc3c2)c1. The van der Waals surface area contributed by atoms with Gasteiger partial charge in [0.05, 0.1) is 15.9 Å². The molecule has 3 atom stereocenters. The monoisotopic (exact) mass is 481 g/mol. The second kappa shape index (κ2) is 8.61. The fraction of sp³-hybridized carbons (Fsp3) is 0.276. The topological polar surface area (TPSA) is 62.3 Å². The molecular formula is C29H27N3O2S. The molecule has 1 aliphatic heterocycles. The summed E-state index contributed by atoms with van der Waals surface area (Å²) in [4.78, 5) is 34.2. The molecular weight excluding hydrogens is 454 g/mol. The van der Waals surface area contributed by atoms with E-state index in [0.29, 0.717) is 29.6 Å². The molecule has 3 aromatic carbocycles. The number of nitrogens with zero attached hydrogens (tertiary/aromatic N) is 2. The fourth-order valence-corrected chi connectivity index (χ4v) is 6.29. The minimum atomic E-state index is -0.0998. The van der Waals surface area contributed by atoms with Crippen LogP contribution >= 0.6 is 11.3 Å². The van der Waals surface area contributed by atoms with E-state index in [4.69, 9.17) is 0 Å². The first-order valence-corrected chi connectivity index (χ1v) is 12.9. The second-order valence-electron chi connectivity index (χ2n) is 9.74. The van der Waals surface area contributed by atoms with Crippen LogP contribution in [0.4, 0.5) is 0 Å². The Bertz CT molecular complexity index is 1460. The third-order valence-electron chi connectivity index (χ3n) is 7.26. The number of carbonyl (C=O) groups is 2. The van der Waals surface area contributed by atoms with Crippen molar-refractivity contribution < 1.29 is 9.59 Å². The summed E-state index contributed by atoms with van der Waals surface area (Å²) in [5.41, 5.74) is 3.36. The van der Waals surface area contributed by atoms with Gasteiger partial charge in [-0.05, 0) is 60.6 Å². The Morgan fingerprint density at radius 3 is 2.69 bits per heavy atom. The minimum Gasteiger partial charge on any atom is -0.350 e. The molecule has 1 N–H and O–H groups in total. The summed E-state index contributed by atoms with van der Waals surface area (Å²) in [6.45, 7) is 5.20. The maximum Gasteiger partial charge on any atom is 0.274 e. The van der Waals surface area contributed by atoms with Gasteiger partial charge in [0.15, 0.2) is 0 Å². The molecule has 6 heteroatoms. The second-order valence-corrected chi connectivity index (χ2v) is 10.9. The van der Waals surface area contributed by atoms with Crippen LogP contribution in [0, 0.1) is 25.7 Å². The molecule has 0 bridgehead atoms. The van der Waals surface area contributed by atoms with E-state index in [0.717, 1.165) is 44.7 Å². The smallest absolute Gasteiger partial charge is 0.274 e. The molecule has 2 amide bonds. The summed E-state index contributed by atoms with van der Waals surface area (Å²) in [5.74, 6) is 0.863. The number of amides is 2. The van der Waals surface area contributed by atoms with E-state index in [-0.39, 0.29) is 17.9 Å². The number of fused-ring (bicyclic) bond motifs is 2. The molecule has 5 nitrogen and oxygen atoms in total. The van der Waals surface area contributed by atoms with Crippen molar-refractivity contribution in [3.63, 3.8) is 0 Å². The number of piperidine rings is 1. The van der Waals surface area contributed by atoms with Crippen molar-refractivity contribution in [3.05, 3.63) is 88.6 Å². The van der Waals surface area contributed by atoms with Gasteiger partial charge < -0.3 is 10.2 Å². The van der Waals surface area contributed by atoms with E-state index in [1.54, 1.807) is 11.3 Å². The van der Waals surface area contributed by atoms with Crippen molar-refractivity contribution in [1.29, 1.82) is 0 Å². The van der Waals surface area contributed by atoms with Gasteiger partial charge in [0.1, 0.15) is 5.69 Å². The lowest BCUT2D eigenvalue weighted by Gasteiger charge is -2.27. The Balaban J connectivity index is 1.21. The van der Waals surface area contributed by atoms with Crippen LogP contribution in [-0.2, 0) is 0 Å². The third-order valence-corrected chi connectivity index (χ3v) is 8.28. The average Bonchev–Trinajstić information content (AvgIpc) is 3.38. The highest BCUT2D eigenvalue weighted by Gasteiger charge is 2.54. The summed E-state index contributed by atoms with van der Waals surface area (Å²) in [7, 11) is 0. The van der Waals surface area contributed by atoms with Crippen molar-refractivity contribution in [2.24, 2.45) is 11.8 Å². The molecule has 35 heavy (non-hydrogen) atoms. The van der Waals surface area contributed by atoms with Crippen LogP contribution in [0.1, 0.15) is 37.8 Å². The maximum absolute atomic E-state index is 13.7. The highest BCUT2D eigenvalue weighted by molar-refractivity contribution is 7.15. The number of carbonyl (C=O) groups excluding carboxylic acids is 2. The van der Waals surface area contributed by atoms with Crippen LogP contribution in [0.5, 0.6) is 0 Å². The number of aryl methyl sites for hydroxylation is 2. The van der Waals surface area contributed by atoms with Crippen molar-refractivity contribution >= 4 is 33.9 Å². The van der Waals surface area contributed by atoms with Crippen molar-refractivity contribution in [1.82, 2.24) is 15.2 Å². The van der Waals surface area contributed by atoms with Crippen molar-refractivity contribution in [2.45, 2.75) is 26.3 Å². The van der Waals surface area contributed by atoms with Gasteiger partial charge in [-0.1, -0.05) is 60.2 Å². The van der Waals surface area contributed by atoms with Crippen molar-refractivity contribution in [3.8, 4) is 10.4 Å². The van der Waals surface area contributed by atoms with Gasteiger partial charge in [-0.2, -0.15) is 0 Å². The molecule has 2 fully saturated rings. The number of hydrogen-bond acceptors (Lipinski definition) is 4. The zero-order valence-corrected chi connectivity index (χ0v) is 20.6. The van der Waals surface area contributed by atoms with Crippen LogP contribution < -0.4 is 5.32 Å². The van der Waals surface area contributed by atoms with Gasteiger partial charge >= 0.3 is 0 Å². The summed E-state index contributed by atoms with van der Waals surface area (Å²) in [6.07, 6.45) is 1.13. The number of rotatable bonds is 5. The Morgan fingerprint density at radius 2 is 1.86 bits per heavy atom. The lowest BCUT2D eigenvalue weighted by atomic mass is 10.1. The standard InChI is InChI=1S/C29H27N3O2S/c1-17-6-5-9-21(12-17)27-26(31-18(2)35-27)29(34)32-16-23-14-24(23)25(32)15-30-28(33)22-11-10-19-7-3-4-8-20(19)13-22/h3-13,23-25H,14-16H2,1-2H3,(H,30,33)/t23-,24-,25-/m1/s1. The fourth-order valence-electron chi connectivity index (χ4n) is 5.39. The summed E-state index contributed by atoms with van der Waals surface area (Å²) >= 11 is 1.56. The molecule has 0 unspecified atom stereocenters. The number of hydrogen-bond donors (Lipinski definition) is 1. The minimum absolute atomic E-state index is 0.00396. The summed E-state index contributed by atoms with van der Waals surface area (Å²) in [6, 6.07) is 22.0. The molecule has 2 heterocycles. The quantitative estimate of drug-likeness (QED) is 0.411. The van der Waals surface area contributed by atoms with Crippen LogP contribution in [0.3, 0.4) is 0 Å². The number of benzene rings is 3. The Hall–Kier alpha value is -3.51. The lowest BCUT2D eigenvalue weighted by Crippen LogP contribution is -2.45. The number of thiazole rings is 1. The maximum atomic E-state index is 13.7. The highest BCUT2D eigenvalue weighted by Crippen LogP contribution is 2.50. The third kappa shape index (κ3) is 4.12. The first-order valence-electron chi connectivity index (χ1n) is 12.1. The van der Waals surface area contributed by atoms with E-state index in [9.17, 15) is 9.59 Å². The predicted molar refractivity (Wildman–Crippen MR) is 140 cm³/mol. The normalized spacial score (nSPS) is 20.6. The Labute approximate surface area is 208 Å². The molecule has 1 aromatic heterocycles. The first-order chi connectivity index (χ1) is 17.0. The van der Waals surface area contributed by atoms with Gasteiger partial charge in [-0.15, -0.1) is 11.3 Å². The van der Waals surface area contributed by atoms with Gasteiger partial charge in [0, 0.05) is 18.7 Å². The number of aromatic nitrogens is 1. The molecule has 1 saturated carbocycles. The van der Waals surface area contributed by atoms with Crippen LogP contribution in [0.15, 0.2) is 66.7 Å². The average molecular weight is 482 g/mol. The Morgan fingerprint density at radius 1 is 1.03 bits per heavy atom. The van der Waals surface area contributed by atoms with E-state index in [1.165, 1.54) is 0 Å². The molecule has 0 spiro atoms. The molecule has 2 aliphatic rings. The molecule has 1 aliphatic carbocycles. The van der Waals surface area contributed by atoms with Gasteiger partial charge in [0.2, 0.25) is 0 Å². The molecule has 176 valence electrons. The van der Waals surface area contributed by atoms with Gasteiger partial charge in [0.25, 0.3) is 11.8 Å². The van der Waals surface area contributed by atoms with Gasteiger partial charge in [-0.25, -0.2) is 4.98 Å². The highest BCUT2D eigenvalue weighted by atomic mass is 32.1. The zero-order valence-electron chi connectivity index (χ0n) is 19.8.